The molecule has 0 amide bonds. The molecule has 0 aromatic carbocycles. The number of aromatic nitrogens is 1. The SMILES string of the molecule is Fc1c(OC2CCCC2)ccnc1Cl. The second kappa shape index (κ2) is 4.13. The first-order chi connectivity index (χ1) is 6.77. The Morgan fingerprint density at radius 3 is 2.86 bits per heavy atom. The third-order valence-electron chi connectivity index (χ3n) is 2.41. The highest BCUT2D eigenvalue weighted by Crippen LogP contribution is 2.27. The van der Waals surface area contributed by atoms with E-state index in [2.05, 4.69) is 4.98 Å². The van der Waals surface area contributed by atoms with Crippen molar-refractivity contribution in [2.24, 2.45) is 0 Å². The summed E-state index contributed by atoms with van der Waals surface area (Å²) in [5.41, 5.74) is 0. The van der Waals surface area contributed by atoms with Gasteiger partial charge in [0, 0.05) is 12.3 Å². The Balaban J connectivity index is 2.11. The van der Waals surface area contributed by atoms with Crippen molar-refractivity contribution in [2.45, 2.75) is 31.8 Å². The van der Waals surface area contributed by atoms with E-state index < -0.39 is 5.82 Å². The second-order valence-corrected chi connectivity index (χ2v) is 3.80. The Hall–Kier alpha value is -0.830. The molecule has 1 saturated carbocycles. The van der Waals surface area contributed by atoms with Crippen LogP contribution in [0.15, 0.2) is 12.3 Å². The van der Waals surface area contributed by atoms with Crippen molar-refractivity contribution in [1.29, 1.82) is 0 Å². The van der Waals surface area contributed by atoms with E-state index in [1.54, 1.807) is 0 Å². The highest BCUT2D eigenvalue weighted by Gasteiger charge is 2.19. The molecule has 2 rings (SSSR count). The molecule has 1 aliphatic rings. The van der Waals surface area contributed by atoms with Gasteiger partial charge in [-0.25, -0.2) is 4.98 Å². The zero-order valence-electron chi connectivity index (χ0n) is 7.67. The predicted molar refractivity (Wildman–Crippen MR) is 52.1 cm³/mol. The molecule has 76 valence electrons. The summed E-state index contributed by atoms with van der Waals surface area (Å²) in [6, 6.07) is 1.51. The van der Waals surface area contributed by atoms with Crippen LogP contribution in [0.4, 0.5) is 4.39 Å². The van der Waals surface area contributed by atoms with Crippen LogP contribution in [-0.2, 0) is 0 Å². The molecule has 0 unspecified atom stereocenters. The molecule has 1 aromatic rings. The summed E-state index contributed by atoms with van der Waals surface area (Å²) in [7, 11) is 0. The third-order valence-corrected chi connectivity index (χ3v) is 2.67. The Morgan fingerprint density at radius 1 is 1.43 bits per heavy atom. The van der Waals surface area contributed by atoms with Crippen molar-refractivity contribution >= 4 is 11.6 Å². The molecular weight excluding hydrogens is 205 g/mol. The maximum Gasteiger partial charge on any atom is 0.202 e. The van der Waals surface area contributed by atoms with Gasteiger partial charge in [-0.15, -0.1) is 0 Å². The van der Waals surface area contributed by atoms with E-state index in [-0.39, 0.29) is 17.0 Å². The molecule has 0 spiro atoms. The molecule has 0 saturated heterocycles. The zero-order chi connectivity index (χ0) is 9.97. The summed E-state index contributed by atoms with van der Waals surface area (Å²) < 4.78 is 18.8. The fraction of sp³-hybridized carbons (Fsp3) is 0.500. The predicted octanol–water partition coefficient (Wildman–Crippen LogP) is 3.20. The minimum atomic E-state index is -0.555. The van der Waals surface area contributed by atoms with Crippen LogP contribution >= 0.6 is 11.6 Å². The van der Waals surface area contributed by atoms with Gasteiger partial charge >= 0.3 is 0 Å². The van der Waals surface area contributed by atoms with Crippen LogP contribution in [0.2, 0.25) is 5.15 Å². The molecule has 1 heterocycles. The van der Waals surface area contributed by atoms with Crippen molar-refractivity contribution in [3.63, 3.8) is 0 Å². The van der Waals surface area contributed by atoms with Gasteiger partial charge in [0.15, 0.2) is 10.9 Å². The van der Waals surface area contributed by atoms with Crippen molar-refractivity contribution in [3.8, 4) is 5.75 Å². The monoisotopic (exact) mass is 215 g/mol. The molecule has 4 heteroatoms. The van der Waals surface area contributed by atoms with Gasteiger partial charge in [0.1, 0.15) is 0 Å². The van der Waals surface area contributed by atoms with Crippen LogP contribution in [0.1, 0.15) is 25.7 Å². The van der Waals surface area contributed by atoms with Crippen LogP contribution in [0.3, 0.4) is 0 Å². The number of hydrogen-bond donors (Lipinski definition) is 0. The smallest absolute Gasteiger partial charge is 0.202 e. The first-order valence-electron chi connectivity index (χ1n) is 4.74. The molecular formula is C10H11ClFNO. The molecule has 0 aliphatic heterocycles. The van der Waals surface area contributed by atoms with E-state index in [9.17, 15) is 4.39 Å². The number of ether oxygens (including phenoxy) is 1. The normalized spacial score (nSPS) is 17.3. The lowest BCUT2D eigenvalue weighted by Gasteiger charge is -2.13. The Morgan fingerprint density at radius 2 is 2.14 bits per heavy atom. The molecule has 14 heavy (non-hydrogen) atoms. The molecule has 1 aromatic heterocycles. The van der Waals surface area contributed by atoms with Gasteiger partial charge in [-0.1, -0.05) is 11.6 Å². The van der Waals surface area contributed by atoms with E-state index in [4.69, 9.17) is 16.3 Å². The van der Waals surface area contributed by atoms with Gasteiger partial charge in [-0.3, -0.25) is 0 Å². The van der Waals surface area contributed by atoms with Crippen LogP contribution in [0.5, 0.6) is 5.75 Å². The number of hydrogen-bond acceptors (Lipinski definition) is 2. The minimum Gasteiger partial charge on any atom is -0.487 e. The van der Waals surface area contributed by atoms with Crippen LogP contribution in [-0.4, -0.2) is 11.1 Å². The minimum absolute atomic E-state index is 0.125. The lowest BCUT2D eigenvalue weighted by molar-refractivity contribution is 0.200. The fourth-order valence-corrected chi connectivity index (χ4v) is 1.83. The fourth-order valence-electron chi connectivity index (χ4n) is 1.68. The molecule has 1 aliphatic carbocycles. The number of halogens is 2. The van der Waals surface area contributed by atoms with Gasteiger partial charge in [-0.05, 0) is 25.7 Å². The number of nitrogens with zero attached hydrogens (tertiary/aromatic N) is 1. The summed E-state index contributed by atoms with van der Waals surface area (Å²) in [5.74, 6) is -0.335. The van der Waals surface area contributed by atoms with Crippen LogP contribution < -0.4 is 4.74 Å². The van der Waals surface area contributed by atoms with E-state index >= 15 is 0 Å². The summed E-state index contributed by atoms with van der Waals surface area (Å²) in [6.45, 7) is 0. The lowest BCUT2D eigenvalue weighted by atomic mass is 10.3. The molecule has 0 N–H and O–H groups in total. The quantitative estimate of drug-likeness (QED) is 0.707. The highest BCUT2D eigenvalue weighted by atomic mass is 35.5. The number of pyridine rings is 1. The number of rotatable bonds is 2. The van der Waals surface area contributed by atoms with E-state index in [0.29, 0.717) is 0 Å². The third kappa shape index (κ3) is 1.98. The average Bonchev–Trinajstić information content (AvgIpc) is 2.66. The van der Waals surface area contributed by atoms with Crippen molar-refractivity contribution in [2.75, 3.05) is 0 Å². The molecule has 1 fully saturated rings. The van der Waals surface area contributed by atoms with Gasteiger partial charge in [0.2, 0.25) is 5.82 Å². The van der Waals surface area contributed by atoms with E-state index in [0.717, 1.165) is 25.7 Å². The second-order valence-electron chi connectivity index (χ2n) is 3.44. The summed E-state index contributed by atoms with van der Waals surface area (Å²) >= 11 is 5.53. The topological polar surface area (TPSA) is 22.1 Å². The Labute approximate surface area is 87.1 Å². The van der Waals surface area contributed by atoms with Crippen LogP contribution in [0.25, 0.3) is 0 Å². The van der Waals surface area contributed by atoms with E-state index in [1.807, 2.05) is 0 Å². The average molecular weight is 216 g/mol. The van der Waals surface area contributed by atoms with Gasteiger partial charge in [0.25, 0.3) is 0 Å². The highest BCUT2D eigenvalue weighted by molar-refractivity contribution is 6.29. The summed E-state index contributed by atoms with van der Waals surface area (Å²) in [6.07, 6.45) is 5.91. The first kappa shape index (κ1) is 9.71. The van der Waals surface area contributed by atoms with Crippen molar-refractivity contribution < 1.29 is 9.13 Å². The summed E-state index contributed by atoms with van der Waals surface area (Å²) in [4.78, 5) is 3.62. The Kier molecular flexibility index (Phi) is 2.87. The maximum atomic E-state index is 13.3. The summed E-state index contributed by atoms with van der Waals surface area (Å²) in [5, 5.41) is -0.125. The van der Waals surface area contributed by atoms with Crippen molar-refractivity contribution in [3.05, 3.63) is 23.2 Å². The molecule has 0 bridgehead atoms. The van der Waals surface area contributed by atoms with Gasteiger partial charge < -0.3 is 4.74 Å². The molecule has 0 atom stereocenters. The zero-order valence-corrected chi connectivity index (χ0v) is 8.43. The molecule has 0 radical (unpaired) electrons. The largest absolute Gasteiger partial charge is 0.487 e. The standard InChI is InChI=1S/C10H11ClFNO/c11-10-9(12)8(5-6-13-10)14-7-3-1-2-4-7/h5-7H,1-4H2. The lowest BCUT2D eigenvalue weighted by Crippen LogP contribution is -2.12. The Bertz CT molecular complexity index is 326. The van der Waals surface area contributed by atoms with Crippen molar-refractivity contribution in [1.82, 2.24) is 4.98 Å². The maximum absolute atomic E-state index is 13.3. The molecule has 2 nitrogen and oxygen atoms in total. The van der Waals surface area contributed by atoms with Crippen LogP contribution in [0, 0.1) is 5.82 Å². The van der Waals surface area contributed by atoms with Gasteiger partial charge in [0.05, 0.1) is 6.10 Å². The van der Waals surface area contributed by atoms with E-state index in [1.165, 1.54) is 12.3 Å². The first-order valence-corrected chi connectivity index (χ1v) is 5.12. The van der Waals surface area contributed by atoms with Gasteiger partial charge in [-0.2, -0.15) is 4.39 Å².